The summed E-state index contributed by atoms with van der Waals surface area (Å²) in [6, 6.07) is 17.6. The van der Waals surface area contributed by atoms with Gasteiger partial charge in [0.2, 0.25) is 0 Å². The van der Waals surface area contributed by atoms with Gasteiger partial charge in [-0.2, -0.15) is 0 Å². The zero-order valence-corrected chi connectivity index (χ0v) is 28.8. The second-order valence-electron chi connectivity index (χ2n) is 11.9. The van der Waals surface area contributed by atoms with Crippen LogP contribution in [0.3, 0.4) is 0 Å². The highest BCUT2D eigenvalue weighted by molar-refractivity contribution is 9.09. The van der Waals surface area contributed by atoms with Crippen LogP contribution in [0.1, 0.15) is 58.9 Å². The smallest absolute Gasteiger partial charge is 0.255 e. The number of halogens is 2. The van der Waals surface area contributed by atoms with E-state index in [2.05, 4.69) is 31.0 Å². The summed E-state index contributed by atoms with van der Waals surface area (Å²) in [5.74, 6) is 3.66. The number of aromatic nitrogens is 3. The highest BCUT2D eigenvalue weighted by Crippen LogP contribution is 2.39. The van der Waals surface area contributed by atoms with Gasteiger partial charge in [-0.05, 0) is 67.5 Å². The number of ether oxygens (including phenoxy) is 3. The van der Waals surface area contributed by atoms with E-state index in [1.54, 1.807) is 14.2 Å². The largest absolute Gasteiger partial charge is 0.497 e. The SMILES string of the molecule is COc1ccc(CNc2nccn3c2c(-c2ccc(CNC(=O)c4cc(F)ccc4OC)cc2)nc3[C@H]2CC[C@H](CBr)CC2)c(OC)c1. The van der Waals surface area contributed by atoms with E-state index in [1.807, 2.05) is 54.9 Å². The van der Waals surface area contributed by atoms with Gasteiger partial charge in [0.25, 0.3) is 5.91 Å². The fourth-order valence-electron chi connectivity index (χ4n) is 6.35. The summed E-state index contributed by atoms with van der Waals surface area (Å²) in [6.45, 7) is 0.758. The monoisotopic (exact) mass is 715 g/mol. The van der Waals surface area contributed by atoms with Crippen LogP contribution in [-0.4, -0.2) is 46.9 Å². The maximum Gasteiger partial charge on any atom is 0.255 e. The van der Waals surface area contributed by atoms with Gasteiger partial charge in [-0.25, -0.2) is 14.4 Å². The molecule has 11 heteroatoms. The summed E-state index contributed by atoms with van der Waals surface area (Å²) >= 11 is 3.67. The average molecular weight is 717 g/mol. The molecule has 9 nitrogen and oxygen atoms in total. The minimum Gasteiger partial charge on any atom is -0.497 e. The van der Waals surface area contributed by atoms with E-state index in [4.69, 9.17) is 24.2 Å². The van der Waals surface area contributed by atoms with Gasteiger partial charge in [0.1, 0.15) is 40.1 Å². The van der Waals surface area contributed by atoms with Gasteiger partial charge in [0, 0.05) is 53.9 Å². The number of imidazole rings is 1. The van der Waals surface area contributed by atoms with Crippen LogP contribution in [0.2, 0.25) is 0 Å². The van der Waals surface area contributed by atoms with Crippen molar-refractivity contribution in [3.8, 4) is 28.5 Å². The molecule has 0 bridgehead atoms. The Morgan fingerprint density at radius 3 is 2.42 bits per heavy atom. The molecule has 0 saturated heterocycles. The molecule has 0 atom stereocenters. The summed E-state index contributed by atoms with van der Waals surface area (Å²) in [6.07, 6.45) is 8.31. The Balaban J connectivity index is 1.29. The summed E-state index contributed by atoms with van der Waals surface area (Å²) in [4.78, 5) is 22.9. The number of nitrogens with one attached hydrogen (secondary N) is 2. The molecular formula is C37H39BrFN5O4. The van der Waals surface area contributed by atoms with Crippen LogP contribution in [0.5, 0.6) is 17.2 Å². The number of anilines is 1. The Hall–Kier alpha value is -4.64. The third-order valence-corrected chi connectivity index (χ3v) is 9.95. The first-order valence-electron chi connectivity index (χ1n) is 16.0. The molecule has 0 unspecified atom stereocenters. The van der Waals surface area contributed by atoms with Crippen molar-refractivity contribution in [1.82, 2.24) is 19.7 Å². The van der Waals surface area contributed by atoms with E-state index < -0.39 is 11.7 Å². The third-order valence-electron chi connectivity index (χ3n) is 9.04. The van der Waals surface area contributed by atoms with Crippen molar-refractivity contribution in [3.05, 3.63) is 101 Å². The second kappa shape index (κ2) is 15.1. The van der Waals surface area contributed by atoms with Crippen molar-refractivity contribution >= 4 is 33.2 Å². The molecule has 2 aromatic heterocycles. The van der Waals surface area contributed by atoms with Gasteiger partial charge in [-0.3, -0.25) is 9.20 Å². The van der Waals surface area contributed by atoms with E-state index in [9.17, 15) is 9.18 Å². The van der Waals surface area contributed by atoms with Gasteiger partial charge in [0.05, 0.1) is 26.9 Å². The molecule has 6 rings (SSSR count). The lowest BCUT2D eigenvalue weighted by molar-refractivity contribution is 0.0947. The Morgan fingerprint density at radius 1 is 0.938 bits per heavy atom. The topological polar surface area (TPSA) is 99.0 Å². The number of hydrogen-bond acceptors (Lipinski definition) is 7. The molecule has 1 amide bonds. The van der Waals surface area contributed by atoms with E-state index >= 15 is 0 Å². The van der Waals surface area contributed by atoms with Crippen LogP contribution in [0.4, 0.5) is 10.2 Å². The fraction of sp³-hybridized carbons (Fsp3) is 0.324. The number of alkyl halides is 1. The number of benzene rings is 3. The zero-order chi connectivity index (χ0) is 33.6. The van der Waals surface area contributed by atoms with Crippen molar-refractivity contribution in [2.24, 2.45) is 5.92 Å². The molecule has 250 valence electrons. The molecule has 2 N–H and O–H groups in total. The molecule has 0 radical (unpaired) electrons. The first kappa shape index (κ1) is 33.3. The molecule has 48 heavy (non-hydrogen) atoms. The van der Waals surface area contributed by atoms with Gasteiger partial charge in [-0.15, -0.1) is 0 Å². The fourth-order valence-corrected chi connectivity index (χ4v) is 7.00. The predicted molar refractivity (Wildman–Crippen MR) is 188 cm³/mol. The summed E-state index contributed by atoms with van der Waals surface area (Å²) < 4.78 is 32.3. The van der Waals surface area contributed by atoms with Gasteiger partial charge >= 0.3 is 0 Å². The standard InChI is InChI=1S/C37H39BrFN5O4/c1-46-29-14-12-27(32(19-29)48-3)22-41-35-34-33(43-36(44(34)17-16-40-35)26-10-4-23(20-38)5-11-26)25-8-6-24(7-9-25)21-42-37(45)30-18-28(39)13-15-31(30)47-2/h6-9,12-19,23,26H,4-5,10-11,20-22H2,1-3H3,(H,40,41)(H,42,45)/t23-,26-. The number of carbonyl (C=O) groups excluding carboxylic acids is 1. The highest BCUT2D eigenvalue weighted by atomic mass is 79.9. The van der Waals surface area contributed by atoms with Crippen LogP contribution in [-0.2, 0) is 13.1 Å². The highest BCUT2D eigenvalue weighted by Gasteiger charge is 2.27. The molecular weight excluding hydrogens is 677 g/mol. The van der Waals surface area contributed by atoms with E-state index in [0.717, 1.165) is 82.1 Å². The first-order chi connectivity index (χ1) is 23.4. The first-order valence-corrected chi connectivity index (χ1v) is 17.1. The van der Waals surface area contributed by atoms with E-state index in [-0.39, 0.29) is 12.1 Å². The molecule has 0 aliphatic heterocycles. The zero-order valence-electron chi connectivity index (χ0n) is 27.3. The van der Waals surface area contributed by atoms with Crippen LogP contribution in [0, 0.1) is 11.7 Å². The third kappa shape index (κ3) is 7.11. The predicted octanol–water partition coefficient (Wildman–Crippen LogP) is 7.77. The van der Waals surface area contributed by atoms with Crippen LogP contribution in [0.15, 0.2) is 73.1 Å². The van der Waals surface area contributed by atoms with Gasteiger partial charge in [0.15, 0.2) is 5.82 Å². The number of carbonyl (C=O) groups is 1. The second-order valence-corrected chi connectivity index (χ2v) is 12.6. The quantitative estimate of drug-likeness (QED) is 0.127. The number of rotatable bonds is 12. The minimum atomic E-state index is -0.500. The van der Waals surface area contributed by atoms with Crippen molar-refractivity contribution in [1.29, 1.82) is 0 Å². The lowest BCUT2D eigenvalue weighted by Crippen LogP contribution is -2.23. The molecule has 2 heterocycles. The molecule has 5 aromatic rings. The molecule has 1 fully saturated rings. The molecule has 1 aliphatic rings. The number of amides is 1. The van der Waals surface area contributed by atoms with E-state index in [0.29, 0.717) is 24.1 Å². The maximum atomic E-state index is 13.8. The summed E-state index contributed by atoms with van der Waals surface area (Å²) in [5.41, 5.74) is 4.69. The number of nitrogens with zero attached hydrogens (tertiary/aromatic N) is 3. The van der Waals surface area contributed by atoms with Crippen molar-refractivity contribution in [2.75, 3.05) is 32.0 Å². The van der Waals surface area contributed by atoms with E-state index in [1.165, 1.54) is 25.3 Å². The van der Waals surface area contributed by atoms with Crippen LogP contribution >= 0.6 is 15.9 Å². The average Bonchev–Trinajstić information content (AvgIpc) is 3.53. The lowest BCUT2D eigenvalue weighted by atomic mass is 9.82. The van der Waals surface area contributed by atoms with Crippen LogP contribution < -0.4 is 24.8 Å². The Bertz CT molecular complexity index is 1890. The lowest BCUT2D eigenvalue weighted by Gasteiger charge is -2.26. The summed E-state index contributed by atoms with van der Waals surface area (Å²) in [5, 5.41) is 7.45. The van der Waals surface area contributed by atoms with Gasteiger partial charge in [-0.1, -0.05) is 40.2 Å². The van der Waals surface area contributed by atoms with Gasteiger partial charge < -0.3 is 24.8 Å². The molecule has 0 spiro atoms. The molecule has 3 aromatic carbocycles. The minimum absolute atomic E-state index is 0.149. The number of hydrogen-bond donors (Lipinski definition) is 2. The van der Waals surface area contributed by atoms with Crippen LogP contribution in [0.25, 0.3) is 16.8 Å². The van der Waals surface area contributed by atoms with Crippen molar-refractivity contribution < 1.29 is 23.4 Å². The Labute approximate surface area is 288 Å². The molecule has 1 saturated carbocycles. The Kier molecular flexibility index (Phi) is 10.4. The normalized spacial score (nSPS) is 16.0. The maximum absolute atomic E-state index is 13.8. The van der Waals surface area contributed by atoms with Crippen molar-refractivity contribution in [2.45, 2.75) is 44.7 Å². The number of fused-ring (bicyclic) bond motifs is 1. The van der Waals surface area contributed by atoms with Crippen molar-refractivity contribution in [3.63, 3.8) is 0 Å². The summed E-state index contributed by atoms with van der Waals surface area (Å²) in [7, 11) is 4.74. The molecule has 1 aliphatic carbocycles. The number of methoxy groups -OCH3 is 3. The Morgan fingerprint density at radius 2 is 1.71 bits per heavy atom.